The smallest absolute Gasteiger partial charge is 0.233 e. The molecule has 3 fully saturated rings. The SMILES string of the molecule is COc1cc(-c2ccc(-c3cnc(N(C4CC4)[C@@H]4CC5CCC(N5)[C@@H]4F)cn3)c(O)c2)cnn1. The molecule has 2 N–H and O–H groups in total. The maximum Gasteiger partial charge on any atom is 0.233 e. The van der Waals surface area contributed by atoms with Crippen molar-refractivity contribution in [3.8, 4) is 34.0 Å². The number of nitrogens with one attached hydrogen (secondary N) is 1. The number of aromatic nitrogens is 4. The summed E-state index contributed by atoms with van der Waals surface area (Å²) in [5.41, 5.74) is 2.72. The normalized spacial score (nSPS) is 25.8. The third kappa shape index (κ3) is 3.83. The van der Waals surface area contributed by atoms with Crippen LogP contribution in [-0.4, -0.2) is 62.7 Å². The molecule has 34 heavy (non-hydrogen) atoms. The van der Waals surface area contributed by atoms with E-state index in [2.05, 4.69) is 30.4 Å². The molecular formula is C25H27FN6O2. The first kappa shape index (κ1) is 21.2. The van der Waals surface area contributed by atoms with Crippen LogP contribution in [-0.2, 0) is 0 Å². The number of benzene rings is 1. The molecule has 176 valence electrons. The number of ether oxygens (including phenoxy) is 1. The lowest BCUT2D eigenvalue weighted by atomic mass is 9.96. The molecule has 4 heterocycles. The van der Waals surface area contributed by atoms with Crippen LogP contribution in [0.3, 0.4) is 0 Å². The van der Waals surface area contributed by atoms with Crippen molar-refractivity contribution >= 4 is 5.82 Å². The van der Waals surface area contributed by atoms with Gasteiger partial charge in [0.15, 0.2) is 0 Å². The average molecular weight is 463 g/mol. The number of hydrogen-bond acceptors (Lipinski definition) is 8. The molecule has 1 aliphatic carbocycles. The van der Waals surface area contributed by atoms with Crippen molar-refractivity contribution in [3.63, 3.8) is 0 Å². The van der Waals surface area contributed by atoms with Gasteiger partial charge in [-0.3, -0.25) is 4.98 Å². The monoisotopic (exact) mass is 462 g/mol. The molecular weight excluding hydrogens is 435 g/mol. The number of rotatable bonds is 6. The van der Waals surface area contributed by atoms with E-state index in [9.17, 15) is 5.11 Å². The van der Waals surface area contributed by atoms with Crippen molar-refractivity contribution < 1.29 is 14.2 Å². The van der Waals surface area contributed by atoms with Gasteiger partial charge in [0, 0.05) is 35.3 Å². The van der Waals surface area contributed by atoms with Crippen LogP contribution in [0.25, 0.3) is 22.4 Å². The molecule has 0 amide bonds. The van der Waals surface area contributed by atoms with Crippen LogP contribution in [0.15, 0.2) is 42.9 Å². The van der Waals surface area contributed by atoms with Crippen LogP contribution in [0.1, 0.15) is 32.1 Å². The number of hydrogen-bond donors (Lipinski definition) is 2. The number of phenols is 1. The molecule has 3 aromatic rings. The molecule has 4 atom stereocenters. The van der Waals surface area contributed by atoms with Gasteiger partial charge in [0.2, 0.25) is 5.88 Å². The molecule has 9 heteroatoms. The zero-order valence-electron chi connectivity index (χ0n) is 18.9. The van der Waals surface area contributed by atoms with Crippen molar-refractivity contribution in [1.29, 1.82) is 0 Å². The van der Waals surface area contributed by atoms with Gasteiger partial charge in [-0.15, -0.1) is 5.10 Å². The minimum Gasteiger partial charge on any atom is -0.507 e. The maximum absolute atomic E-state index is 15.3. The first-order valence-electron chi connectivity index (χ1n) is 11.8. The van der Waals surface area contributed by atoms with E-state index in [1.54, 1.807) is 30.7 Å². The number of anilines is 1. The van der Waals surface area contributed by atoms with E-state index in [0.717, 1.165) is 43.2 Å². The number of nitrogens with zero attached hydrogens (tertiary/aromatic N) is 5. The topological polar surface area (TPSA) is 96.3 Å². The quantitative estimate of drug-likeness (QED) is 0.575. The van der Waals surface area contributed by atoms with Gasteiger partial charge in [0.25, 0.3) is 0 Å². The second kappa shape index (κ2) is 8.47. The van der Waals surface area contributed by atoms with Crippen molar-refractivity contribution in [2.24, 2.45) is 0 Å². The Morgan fingerprint density at radius 1 is 1.06 bits per heavy atom. The molecule has 0 radical (unpaired) electrons. The lowest BCUT2D eigenvalue weighted by Gasteiger charge is -2.41. The highest BCUT2D eigenvalue weighted by Gasteiger charge is 2.48. The van der Waals surface area contributed by atoms with Gasteiger partial charge >= 0.3 is 0 Å². The first-order chi connectivity index (χ1) is 16.6. The van der Waals surface area contributed by atoms with E-state index in [-0.39, 0.29) is 17.8 Å². The first-order valence-corrected chi connectivity index (χ1v) is 11.8. The zero-order valence-corrected chi connectivity index (χ0v) is 18.9. The van der Waals surface area contributed by atoms with Crippen LogP contribution in [0, 0.1) is 0 Å². The fraction of sp³-hybridized carbons (Fsp3) is 0.440. The molecule has 2 aliphatic heterocycles. The second-order valence-corrected chi connectivity index (χ2v) is 9.41. The van der Waals surface area contributed by atoms with E-state index in [1.165, 1.54) is 7.11 Å². The van der Waals surface area contributed by atoms with E-state index >= 15 is 4.39 Å². The highest BCUT2D eigenvalue weighted by molar-refractivity contribution is 5.74. The van der Waals surface area contributed by atoms with Crippen molar-refractivity contribution in [1.82, 2.24) is 25.5 Å². The number of alkyl halides is 1. The van der Waals surface area contributed by atoms with Crippen LogP contribution in [0.2, 0.25) is 0 Å². The fourth-order valence-electron chi connectivity index (χ4n) is 5.35. The third-order valence-electron chi connectivity index (χ3n) is 7.20. The third-order valence-corrected chi connectivity index (χ3v) is 7.20. The molecule has 1 saturated carbocycles. The molecule has 0 spiro atoms. The summed E-state index contributed by atoms with van der Waals surface area (Å²) in [6.07, 6.45) is 8.97. The average Bonchev–Trinajstić information content (AvgIpc) is 3.62. The van der Waals surface area contributed by atoms with E-state index in [4.69, 9.17) is 4.74 Å². The van der Waals surface area contributed by atoms with Crippen LogP contribution < -0.4 is 15.0 Å². The maximum atomic E-state index is 15.3. The van der Waals surface area contributed by atoms with Crippen molar-refractivity contribution in [2.45, 2.75) is 62.4 Å². The molecule has 1 aromatic carbocycles. The summed E-state index contributed by atoms with van der Waals surface area (Å²) in [5, 5.41) is 21.9. The summed E-state index contributed by atoms with van der Waals surface area (Å²) in [7, 11) is 1.53. The number of methoxy groups -OCH3 is 1. The van der Waals surface area contributed by atoms with Crippen LogP contribution in [0.4, 0.5) is 10.2 Å². The largest absolute Gasteiger partial charge is 0.507 e. The Morgan fingerprint density at radius 2 is 1.94 bits per heavy atom. The summed E-state index contributed by atoms with van der Waals surface area (Å²) in [4.78, 5) is 11.4. The van der Waals surface area contributed by atoms with Crippen LogP contribution in [0.5, 0.6) is 11.6 Å². The molecule has 2 unspecified atom stereocenters. The Labute approximate surface area is 197 Å². The Balaban J connectivity index is 1.26. The van der Waals surface area contributed by atoms with Gasteiger partial charge in [-0.05, 0) is 49.8 Å². The summed E-state index contributed by atoms with van der Waals surface area (Å²) in [5.74, 6) is 1.21. The van der Waals surface area contributed by atoms with Gasteiger partial charge in [-0.25, -0.2) is 9.37 Å². The number of piperidine rings is 1. The fourth-order valence-corrected chi connectivity index (χ4v) is 5.35. The standard InChI is InChI=1S/C25H27FN6O2/c1-34-24-9-15(11-29-31-24)14-2-6-18(22(33)8-14)20-12-28-23(13-27-20)32(17-4-5-17)21-10-16-3-7-19(30-16)25(21)26/h2,6,8-9,11-13,16-17,19,21,25,30,33H,3-5,7,10H2,1H3/t16?,19?,21-,25+/m1/s1. The van der Waals surface area contributed by atoms with Crippen LogP contribution >= 0.6 is 0 Å². The highest BCUT2D eigenvalue weighted by atomic mass is 19.1. The predicted octanol–water partition coefficient (Wildman–Crippen LogP) is 3.51. The zero-order chi connectivity index (χ0) is 23.2. The van der Waals surface area contributed by atoms with Gasteiger partial charge in [0.1, 0.15) is 17.7 Å². The highest BCUT2D eigenvalue weighted by Crippen LogP contribution is 2.40. The number of halogens is 1. The number of phenolic OH excluding ortho intramolecular Hbond substituents is 1. The Kier molecular flexibility index (Phi) is 5.28. The minimum absolute atomic E-state index is 0.0525. The van der Waals surface area contributed by atoms with Gasteiger partial charge in [0.05, 0.1) is 37.4 Å². The van der Waals surface area contributed by atoms with Gasteiger partial charge in [-0.2, -0.15) is 5.10 Å². The minimum atomic E-state index is -0.904. The Morgan fingerprint density at radius 3 is 2.68 bits per heavy atom. The molecule has 6 rings (SSSR count). The number of fused-ring (bicyclic) bond motifs is 2. The summed E-state index contributed by atoms with van der Waals surface area (Å²) in [6, 6.07) is 7.62. The molecule has 8 nitrogen and oxygen atoms in total. The lowest BCUT2D eigenvalue weighted by Crippen LogP contribution is -2.57. The predicted molar refractivity (Wildman–Crippen MR) is 125 cm³/mol. The summed E-state index contributed by atoms with van der Waals surface area (Å²) >= 11 is 0. The number of aromatic hydroxyl groups is 1. The molecule has 2 saturated heterocycles. The van der Waals surface area contributed by atoms with Crippen molar-refractivity contribution in [3.05, 3.63) is 42.9 Å². The summed E-state index contributed by atoms with van der Waals surface area (Å²) in [6.45, 7) is 0. The van der Waals surface area contributed by atoms with Crippen molar-refractivity contribution in [2.75, 3.05) is 12.0 Å². The molecule has 2 bridgehead atoms. The second-order valence-electron chi connectivity index (χ2n) is 9.41. The Hall–Kier alpha value is -3.33. The van der Waals surface area contributed by atoms with Gasteiger partial charge < -0.3 is 20.1 Å². The van der Waals surface area contributed by atoms with E-state index < -0.39 is 6.17 Å². The van der Waals surface area contributed by atoms with E-state index in [0.29, 0.717) is 35.0 Å². The van der Waals surface area contributed by atoms with Gasteiger partial charge in [-0.1, -0.05) is 6.07 Å². The molecule has 2 aromatic heterocycles. The van der Waals surface area contributed by atoms with E-state index in [1.807, 2.05) is 12.1 Å². The molecule has 3 aliphatic rings. The Bertz CT molecular complexity index is 1190. The summed E-state index contributed by atoms with van der Waals surface area (Å²) < 4.78 is 20.4. The lowest BCUT2D eigenvalue weighted by molar-refractivity contribution is 0.171.